The van der Waals surface area contributed by atoms with Gasteiger partial charge in [-0.05, 0) is 42.7 Å². The molecule has 0 spiro atoms. The molecular weight excluding hydrogens is 321 g/mol. The maximum absolute atomic E-state index is 11.7. The zero-order chi connectivity index (χ0) is 15.8. The minimum absolute atomic E-state index is 0.0370. The van der Waals surface area contributed by atoms with E-state index in [1.807, 2.05) is 36.4 Å². The molecule has 0 aliphatic carbocycles. The lowest BCUT2D eigenvalue weighted by atomic mass is 10.1. The van der Waals surface area contributed by atoms with Crippen molar-refractivity contribution < 1.29 is 9.53 Å². The molecule has 0 aliphatic heterocycles. The number of hydrogen-bond donors (Lipinski definition) is 1. The molecule has 2 rings (SSSR count). The van der Waals surface area contributed by atoms with Crippen LogP contribution in [0.15, 0.2) is 48.5 Å². The van der Waals surface area contributed by atoms with Crippen molar-refractivity contribution in [3.63, 3.8) is 0 Å². The third kappa shape index (κ3) is 5.58. The molecule has 0 saturated heterocycles. The molecular formula is C17H17Cl2NO2. The number of rotatable bonds is 7. The molecule has 5 heteroatoms. The first-order valence-electron chi connectivity index (χ1n) is 7.03. The van der Waals surface area contributed by atoms with Crippen LogP contribution in [-0.4, -0.2) is 19.1 Å². The van der Waals surface area contributed by atoms with Crippen molar-refractivity contribution in [2.45, 2.75) is 12.8 Å². The Morgan fingerprint density at radius 3 is 2.50 bits per heavy atom. The highest BCUT2D eigenvalue weighted by molar-refractivity contribution is 6.32. The Bertz CT molecular complexity index is 614. The van der Waals surface area contributed by atoms with E-state index in [9.17, 15) is 4.79 Å². The first kappa shape index (κ1) is 16.7. The summed E-state index contributed by atoms with van der Waals surface area (Å²) in [5, 5.41) is 4.05. The fourth-order valence-electron chi connectivity index (χ4n) is 1.93. The Hall–Kier alpha value is -1.71. The number of hydrogen-bond acceptors (Lipinski definition) is 2. The number of halogens is 2. The van der Waals surface area contributed by atoms with Gasteiger partial charge in [0.25, 0.3) is 5.91 Å². The van der Waals surface area contributed by atoms with E-state index in [0.717, 1.165) is 17.9 Å². The first-order chi connectivity index (χ1) is 10.6. The highest BCUT2D eigenvalue weighted by Gasteiger charge is 2.04. The fourth-order valence-corrected chi connectivity index (χ4v) is 2.24. The monoisotopic (exact) mass is 337 g/mol. The molecule has 0 aromatic heterocycles. The Labute approximate surface area is 140 Å². The van der Waals surface area contributed by atoms with Gasteiger partial charge < -0.3 is 10.1 Å². The van der Waals surface area contributed by atoms with Gasteiger partial charge in [0.05, 0.1) is 5.02 Å². The lowest BCUT2D eigenvalue weighted by Crippen LogP contribution is -2.29. The summed E-state index contributed by atoms with van der Waals surface area (Å²) in [6.07, 6.45) is 1.75. The van der Waals surface area contributed by atoms with Crippen molar-refractivity contribution in [3.8, 4) is 5.75 Å². The summed E-state index contributed by atoms with van der Waals surface area (Å²) in [5.74, 6) is 0.358. The van der Waals surface area contributed by atoms with Gasteiger partial charge in [0.15, 0.2) is 6.61 Å². The van der Waals surface area contributed by atoms with Gasteiger partial charge in [0.1, 0.15) is 5.75 Å². The fraction of sp³-hybridized carbons (Fsp3) is 0.235. The molecule has 1 N–H and O–H groups in total. The Kier molecular flexibility index (Phi) is 6.56. The molecule has 0 unspecified atom stereocenters. The Morgan fingerprint density at radius 2 is 1.77 bits per heavy atom. The molecule has 0 heterocycles. The number of aryl methyl sites for hydroxylation is 1. The normalized spacial score (nSPS) is 10.3. The number of carbonyl (C=O) groups excluding carboxylic acids is 1. The quantitative estimate of drug-likeness (QED) is 0.771. The van der Waals surface area contributed by atoms with E-state index in [4.69, 9.17) is 27.9 Å². The summed E-state index contributed by atoms with van der Waals surface area (Å²) >= 11 is 11.8. The summed E-state index contributed by atoms with van der Waals surface area (Å²) in [6.45, 7) is 0.567. The Balaban J connectivity index is 1.64. The van der Waals surface area contributed by atoms with Crippen molar-refractivity contribution in [1.29, 1.82) is 0 Å². The smallest absolute Gasteiger partial charge is 0.257 e. The minimum atomic E-state index is -0.156. The predicted molar refractivity (Wildman–Crippen MR) is 89.7 cm³/mol. The molecule has 0 atom stereocenters. The molecule has 0 bridgehead atoms. The van der Waals surface area contributed by atoms with Crippen LogP contribution in [0.1, 0.15) is 12.0 Å². The van der Waals surface area contributed by atoms with Crippen molar-refractivity contribution in [1.82, 2.24) is 5.32 Å². The molecule has 0 radical (unpaired) electrons. The number of amides is 1. The number of benzene rings is 2. The molecule has 1 amide bonds. The topological polar surface area (TPSA) is 38.3 Å². The molecule has 2 aromatic carbocycles. The van der Waals surface area contributed by atoms with Crippen molar-refractivity contribution in [3.05, 3.63) is 64.1 Å². The minimum Gasteiger partial charge on any atom is -0.482 e. The van der Waals surface area contributed by atoms with Crippen LogP contribution >= 0.6 is 23.2 Å². The SMILES string of the molecule is O=C(COc1ccccc1Cl)NCCCc1ccc(Cl)cc1. The van der Waals surface area contributed by atoms with Gasteiger partial charge in [-0.2, -0.15) is 0 Å². The third-order valence-electron chi connectivity index (χ3n) is 3.07. The highest BCUT2D eigenvalue weighted by atomic mass is 35.5. The number of para-hydroxylation sites is 1. The second kappa shape index (κ2) is 8.66. The van der Waals surface area contributed by atoms with Crippen LogP contribution in [0.2, 0.25) is 10.0 Å². The molecule has 116 valence electrons. The van der Waals surface area contributed by atoms with Gasteiger partial charge in [0, 0.05) is 11.6 Å². The average molecular weight is 338 g/mol. The maximum atomic E-state index is 11.7. The summed E-state index contributed by atoms with van der Waals surface area (Å²) in [5.41, 5.74) is 1.20. The van der Waals surface area contributed by atoms with E-state index >= 15 is 0 Å². The zero-order valence-electron chi connectivity index (χ0n) is 12.0. The lowest BCUT2D eigenvalue weighted by molar-refractivity contribution is -0.123. The van der Waals surface area contributed by atoms with Crippen LogP contribution in [0, 0.1) is 0 Å². The van der Waals surface area contributed by atoms with Crippen molar-refractivity contribution in [2.75, 3.05) is 13.2 Å². The van der Waals surface area contributed by atoms with Crippen LogP contribution in [0.5, 0.6) is 5.75 Å². The molecule has 0 saturated carbocycles. The van der Waals surface area contributed by atoms with Gasteiger partial charge in [-0.1, -0.05) is 47.5 Å². The number of ether oxygens (including phenoxy) is 1. The Morgan fingerprint density at radius 1 is 1.05 bits per heavy atom. The van der Waals surface area contributed by atoms with Crippen LogP contribution in [0.3, 0.4) is 0 Å². The highest BCUT2D eigenvalue weighted by Crippen LogP contribution is 2.22. The van der Waals surface area contributed by atoms with Gasteiger partial charge in [0.2, 0.25) is 0 Å². The first-order valence-corrected chi connectivity index (χ1v) is 7.79. The van der Waals surface area contributed by atoms with Crippen LogP contribution in [0.4, 0.5) is 0 Å². The van der Waals surface area contributed by atoms with Gasteiger partial charge in [-0.25, -0.2) is 0 Å². The second-order valence-electron chi connectivity index (χ2n) is 4.80. The van der Waals surface area contributed by atoms with E-state index < -0.39 is 0 Å². The van der Waals surface area contributed by atoms with Crippen molar-refractivity contribution >= 4 is 29.1 Å². The van der Waals surface area contributed by atoms with Crippen LogP contribution < -0.4 is 10.1 Å². The second-order valence-corrected chi connectivity index (χ2v) is 5.64. The summed E-state index contributed by atoms with van der Waals surface area (Å²) in [7, 11) is 0. The third-order valence-corrected chi connectivity index (χ3v) is 3.64. The van der Waals surface area contributed by atoms with E-state index in [1.54, 1.807) is 12.1 Å². The van der Waals surface area contributed by atoms with E-state index in [2.05, 4.69) is 5.32 Å². The molecule has 3 nitrogen and oxygen atoms in total. The maximum Gasteiger partial charge on any atom is 0.257 e. The van der Waals surface area contributed by atoms with Gasteiger partial charge in [-0.3, -0.25) is 4.79 Å². The predicted octanol–water partition coefficient (Wildman–Crippen LogP) is 4.12. The zero-order valence-corrected chi connectivity index (χ0v) is 13.5. The average Bonchev–Trinajstić information content (AvgIpc) is 2.52. The number of nitrogens with one attached hydrogen (secondary N) is 1. The molecule has 22 heavy (non-hydrogen) atoms. The van der Waals surface area contributed by atoms with E-state index in [0.29, 0.717) is 17.3 Å². The van der Waals surface area contributed by atoms with E-state index in [1.165, 1.54) is 5.56 Å². The van der Waals surface area contributed by atoms with E-state index in [-0.39, 0.29) is 12.5 Å². The number of carbonyl (C=O) groups is 1. The van der Waals surface area contributed by atoms with Crippen molar-refractivity contribution in [2.24, 2.45) is 0 Å². The molecule has 0 aliphatic rings. The van der Waals surface area contributed by atoms with Gasteiger partial charge in [-0.15, -0.1) is 0 Å². The largest absolute Gasteiger partial charge is 0.482 e. The summed E-state index contributed by atoms with van der Waals surface area (Å²) in [6, 6.07) is 14.8. The van der Waals surface area contributed by atoms with Crippen LogP contribution in [0.25, 0.3) is 0 Å². The summed E-state index contributed by atoms with van der Waals surface area (Å²) in [4.78, 5) is 11.7. The van der Waals surface area contributed by atoms with Crippen LogP contribution in [-0.2, 0) is 11.2 Å². The summed E-state index contributed by atoms with van der Waals surface area (Å²) < 4.78 is 5.37. The standard InChI is InChI=1S/C17H17Cl2NO2/c18-14-9-7-13(8-10-14)4-3-11-20-17(21)12-22-16-6-2-1-5-15(16)19/h1-2,5-10H,3-4,11-12H2,(H,20,21). The molecule has 2 aromatic rings. The lowest BCUT2D eigenvalue weighted by Gasteiger charge is -2.08. The van der Waals surface area contributed by atoms with Gasteiger partial charge >= 0.3 is 0 Å². The molecule has 0 fully saturated rings.